The molecule has 0 saturated heterocycles. The molecule has 156 valence electrons. The van der Waals surface area contributed by atoms with Crippen LogP contribution in [-0.2, 0) is 0 Å². The van der Waals surface area contributed by atoms with Gasteiger partial charge in [-0.3, -0.25) is 0 Å². The maximum atomic E-state index is 9.11. The van der Waals surface area contributed by atoms with Crippen LogP contribution >= 0.6 is 0 Å². The molecule has 2 heteroatoms. The van der Waals surface area contributed by atoms with E-state index in [-0.39, 0.29) is 0 Å². The summed E-state index contributed by atoms with van der Waals surface area (Å²) in [5, 5.41) is 9.11. The summed E-state index contributed by atoms with van der Waals surface area (Å²) in [5.74, 6) is 0.951. The minimum absolute atomic E-state index is 0.739. The van der Waals surface area contributed by atoms with E-state index < -0.39 is 0 Å². The van der Waals surface area contributed by atoms with E-state index in [1.165, 1.54) is 68.9 Å². The second kappa shape index (κ2) is 13.0. The number of ether oxygens (including phenoxy) is 1. The number of hydrogen-bond donors (Lipinski definition) is 0. The highest BCUT2D eigenvalue weighted by molar-refractivity contribution is 5.69. The van der Waals surface area contributed by atoms with E-state index in [1.54, 1.807) is 0 Å². The molecule has 0 N–H and O–H groups in total. The molecule has 29 heavy (non-hydrogen) atoms. The molecule has 0 amide bonds. The van der Waals surface area contributed by atoms with Crippen molar-refractivity contribution in [2.75, 3.05) is 6.61 Å². The summed E-state index contributed by atoms with van der Waals surface area (Å²) in [4.78, 5) is 0. The lowest BCUT2D eigenvalue weighted by Gasteiger charge is -2.11. The second-order valence-corrected chi connectivity index (χ2v) is 8.15. The SMILES string of the molecule is CCCCCCCCCCCCOc1ccc(-c2ccc(C#N)c(C)c2)c(C)c1. The van der Waals surface area contributed by atoms with E-state index >= 15 is 0 Å². The maximum absolute atomic E-state index is 9.11. The highest BCUT2D eigenvalue weighted by atomic mass is 16.5. The minimum atomic E-state index is 0.739. The summed E-state index contributed by atoms with van der Waals surface area (Å²) in [5.41, 5.74) is 5.31. The first-order chi connectivity index (χ1) is 14.2. The molecule has 0 unspecified atom stereocenters. The Morgan fingerprint density at radius 1 is 0.759 bits per heavy atom. The third kappa shape index (κ3) is 7.94. The number of nitrogens with zero attached hydrogens (tertiary/aromatic N) is 1. The molecule has 2 nitrogen and oxygen atoms in total. The van der Waals surface area contributed by atoms with Gasteiger partial charge in [0.25, 0.3) is 0 Å². The lowest BCUT2D eigenvalue weighted by molar-refractivity contribution is 0.304. The van der Waals surface area contributed by atoms with Crippen molar-refractivity contribution in [2.45, 2.75) is 85.0 Å². The molecule has 2 aromatic rings. The summed E-state index contributed by atoms with van der Waals surface area (Å²) >= 11 is 0. The van der Waals surface area contributed by atoms with Crippen LogP contribution in [0.25, 0.3) is 11.1 Å². The molecule has 0 heterocycles. The Hall–Kier alpha value is -2.27. The monoisotopic (exact) mass is 391 g/mol. The average Bonchev–Trinajstić information content (AvgIpc) is 2.72. The quantitative estimate of drug-likeness (QED) is 0.323. The Morgan fingerprint density at radius 2 is 1.41 bits per heavy atom. The van der Waals surface area contributed by atoms with Gasteiger partial charge in [0.1, 0.15) is 5.75 Å². The van der Waals surface area contributed by atoms with Gasteiger partial charge >= 0.3 is 0 Å². The summed E-state index contributed by atoms with van der Waals surface area (Å²) in [6, 6.07) is 14.6. The van der Waals surface area contributed by atoms with Gasteiger partial charge in [-0.1, -0.05) is 82.9 Å². The fourth-order valence-electron chi connectivity index (χ4n) is 3.79. The largest absolute Gasteiger partial charge is 0.494 e. The summed E-state index contributed by atoms with van der Waals surface area (Å²) in [6.07, 6.45) is 13.4. The normalized spacial score (nSPS) is 10.7. The van der Waals surface area contributed by atoms with E-state index in [1.807, 2.05) is 19.1 Å². The predicted molar refractivity (Wildman–Crippen MR) is 123 cm³/mol. The van der Waals surface area contributed by atoms with Crippen LogP contribution in [0.3, 0.4) is 0 Å². The first-order valence-corrected chi connectivity index (χ1v) is 11.4. The molecule has 0 atom stereocenters. The van der Waals surface area contributed by atoms with E-state index in [2.05, 4.69) is 44.2 Å². The molecule has 2 aromatic carbocycles. The molecule has 0 bridgehead atoms. The fourth-order valence-corrected chi connectivity index (χ4v) is 3.79. The van der Waals surface area contributed by atoms with Crippen LogP contribution in [0.15, 0.2) is 36.4 Å². The molecule has 2 rings (SSSR count). The summed E-state index contributed by atoms with van der Waals surface area (Å²) < 4.78 is 5.97. The van der Waals surface area contributed by atoms with E-state index in [4.69, 9.17) is 10.00 Å². The van der Waals surface area contributed by atoms with Crippen LogP contribution < -0.4 is 4.74 Å². The van der Waals surface area contributed by atoms with Crippen LogP contribution in [0.1, 0.15) is 87.8 Å². The van der Waals surface area contributed by atoms with Crippen molar-refractivity contribution in [2.24, 2.45) is 0 Å². The molecule has 0 aliphatic heterocycles. The predicted octanol–water partition coefficient (Wildman–Crippen LogP) is 8.14. The number of nitriles is 1. The Bertz CT molecular complexity index is 788. The Balaban J connectivity index is 1.69. The molecule has 0 spiro atoms. The average molecular weight is 392 g/mol. The Labute approximate surface area is 177 Å². The second-order valence-electron chi connectivity index (χ2n) is 8.15. The number of aryl methyl sites for hydroxylation is 2. The number of hydrogen-bond acceptors (Lipinski definition) is 2. The molecule has 0 saturated carbocycles. The zero-order valence-corrected chi connectivity index (χ0v) is 18.6. The Kier molecular flexibility index (Phi) is 10.4. The van der Waals surface area contributed by atoms with Crippen LogP contribution in [0.4, 0.5) is 0 Å². The number of unbranched alkanes of at least 4 members (excludes halogenated alkanes) is 9. The molecule has 0 radical (unpaired) electrons. The highest BCUT2D eigenvalue weighted by Crippen LogP contribution is 2.28. The lowest BCUT2D eigenvalue weighted by atomic mass is 9.97. The van der Waals surface area contributed by atoms with Crippen molar-refractivity contribution < 1.29 is 4.74 Å². The van der Waals surface area contributed by atoms with Crippen molar-refractivity contribution in [3.63, 3.8) is 0 Å². The van der Waals surface area contributed by atoms with Crippen molar-refractivity contribution in [1.29, 1.82) is 5.26 Å². The van der Waals surface area contributed by atoms with Gasteiger partial charge in [0.05, 0.1) is 18.2 Å². The minimum Gasteiger partial charge on any atom is -0.494 e. The van der Waals surface area contributed by atoms with Gasteiger partial charge in [0.15, 0.2) is 0 Å². The molecule has 0 fully saturated rings. The van der Waals surface area contributed by atoms with Crippen LogP contribution in [0.5, 0.6) is 5.75 Å². The van der Waals surface area contributed by atoms with Crippen molar-refractivity contribution in [3.8, 4) is 22.9 Å². The van der Waals surface area contributed by atoms with Gasteiger partial charge in [-0.15, -0.1) is 0 Å². The zero-order chi connectivity index (χ0) is 20.9. The van der Waals surface area contributed by atoms with Crippen molar-refractivity contribution >= 4 is 0 Å². The van der Waals surface area contributed by atoms with Crippen molar-refractivity contribution in [1.82, 2.24) is 0 Å². The lowest BCUT2D eigenvalue weighted by Crippen LogP contribution is -1.98. The molecule has 0 aliphatic rings. The smallest absolute Gasteiger partial charge is 0.119 e. The standard InChI is InChI=1S/C27H37NO/c1-4-5-6-7-8-9-10-11-12-13-18-29-26-16-17-27(23(3)20-26)24-14-15-25(21-28)22(2)19-24/h14-17,19-20H,4-13,18H2,1-3H3. The van der Waals surface area contributed by atoms with Gasteiger partial charge in [-0.2, -0.15) is 5.26 Å². The van der Waals surface area contributed by atoms with E-state index in [0.29, 0.717) is 0 Å². The van der Waals surface area contributed by atoms with Gasteiger partial charge in [0.2, 0.25) is 0 Å². The molecule has 0 aromatic heterocycles. The highest BCUT2D eigenvalue weighted by Gasteiger charge is 2.06. The van der Waals surface area contributed by atoms with Crippen LogP contribution in [-0.4, -0.2) is 6.61 Å². The maximum Gasteiger partial charge on any atom is 0.119 e. The first kappa shape index (κ1) is 23.0. The topological polar surface area (TPSA) is 33.0 Å². The number of rotatable bonds is 13. The van der Waals surface area contributed by atoms with Gasteiger partial charge in [-0.05, 0) is 60.7 Å². The number of benzene rings is 2. The molecule has 0 aliphatic carbocycles. The molecular weight excluding hydrogens is 354 g/mol. The Morgan fingerprint density at radius 3 is 2.00 bits per heavy atom. The van der Waals surface area contributed by atoms with Crippen molar-refractivity contribution in [3.05, 3.63) is 53.1 Å². The van der Waals surface area contributed by atoms with Gasteiger partial charge in [0, 0.05) is 0 Å². The third-order valence-electron chi connectivity index (χ3n) is 5.62. The zero-order valence-electron chi connectivity index (χ0n) is 18.6. The summed E-state index contributed by atoms with van der Waals surface area (Å²) in [7, 11) is 0. The first-order valence-electron chi connectivity index (χ1n) is 11.4. The van der Waals surface area contributed by atoms with Crippen LogP contribution in [0.2, 0.25) is 0 Å². The van der Waals surface area contributed by atoms with Gasteiger partial charge in [-0.25, -0.2) is 0 Å². The fraction of sp³-hybridized carbons (Fsp3) is 0.519. The van der Waals surface area contributed by atoms with Gasteiger partial charge < -0.3 is 4.74 Å². The third-order valence-corrected chi connectivity index (χ3v) is 5.62. The van der Waals surface area contributed by atoms with E-state index in [9.17, 15) is 0 Å². The van der Waals surface area contributed by atoms with Crippen LogP contribution in [0, 0.1) is 25.2 Å². The molecular formula is C27H37NO. The summed E-state index contributed by atoms with van der Waals surface area (Å²) in [6.45, 7) is 7.18. The van der Waals surface area contributed by atoms with E-state index in [0.717, 1.165) is 35.5 Å².